The lowest BCUT2D eigenvalue weighted by Gasteiger charge is -2.09. The first-order valence-electron chi connectivity index (χ1n) is 10.3. The van der Waals surface area contributed by atoms with E-state index in [1.807, 2.05) is 49.4 Å². The molecule has 9 heteroatoms. The number of hydrogen-bond donors (Lipinski definition) is 3. The Morgan fingerprint density at radius 2 is 1.66 bits per heavy atom. The zero-order valence-corrected chi connectivity index (χ0v) is 18.3. The lowest BCUT2D eigenvalue weighted by Crippen LogP contribution is -2.38. The molecule has 0 radical (unpaired) electrons. The maximum Gasteiger partial charge on any atom is 0.313 e. The highest BCUT2D eigenvalue weighted by molar-refractivity contribution is 6.39. The first kappa shape index (κ1) is 22.7. The van der Waals surface area contributed by atoms with E-state index in [-0.39, 0.29) is 12.2 Å². The van der Waals surface area contributed by atoms with Crippen molar-refractivity contribution >= 4 is 23.2 Å². The van der Waals surface area contributed by atoms with Gasteiger partial charge in [0.05, 0.1) is 18.0 Å². The molecule has 168 valence electrons. The smallest absolute Gasteiger partial charge is 0.313 e. The Kier molecular flexibility index (Phi) is 7.33. The molecule has 0 aliphatic carbocycles. The second-order valence-corrected chi connectivity index (χ2v) is 7.03. The number of aromatic nitrogens is 2. The highest BCUT2D eigenvalue weighted by Crippen LogP contribution is 2.15. The molecule has 1 heterocycles. The summed E-state index contributed by atoms with van der Waals surface area (Å²) < 4.78 is 8.45. The molecule has 0 atom stereocenters. The summed E-state index contributed by atoms with van der Waals surface area (Å²) in [6.45, 7) is 4.89. The molecule has 32 heavy (non-hydrogen) atoms. The van der Waals surface area contributed by atoms with Crippen molar-refractivity contribution < 1.29 is 14.3 Å². The van der Waals surface area contributed by atoms with E-state index in [0.717, 1.165) is 11.4 Å². The topological polar surface area (TPSA) is 106 Å². The second-order valence-electron chi connectivity index (χ2n) is 7.03. The highest BCUT2D eigenvalue weighted by Gasteiger charge is 2.21. The number of carbonyl (C=O) groups excluding carboxylic acids is 2. The summed E-state index contributed by atoms with van der Waals surface area (Å²) in [6, 6.07) is 16.5. The van der Waals surface area contributed by atoms with Gasteiger partial charge in [0.2, 0.25) is 0 Å². The number of nitrogens with zero attached hydrogens (tertiary/aromatic N) is 2. The molecule has 3 rings (SSSR count). The summed E-state index contributed by atoms with van der Waals surface area (Å²) in [4.78, 5) is 37.3. The summed E-state index contributed by atoms with van der Waals surface area (Å²) >= 11 is 0. The summed E-state index contributed by atoms with van der Waals surface area (Å²) in [7, 11) is 1.71. The monoisotopic (exact) mass is 437 g/mol. The zero-order chi connectivity index (χ0) is 23.1. The number of carbonyl (C=O) groups is 2. The zero-order valence-electron chi connectivity index (χ0n) is 18.3. The van der Waals surface area contributed by atoms with Gasteiger partial charge in [0, 0.05) is 25.8 Å². The lowest BCUT2D eigenvalue weighted by atomic mass is 10.3. The Balaban J connectivity index is 1.55. The third-order valence-electron chi connectivity index (χ3n) is 4.90. The molecule has 0 aliphatic rings. The van der Waals surface area contributed by atoms with Crippen molar-refractivity contribution in [1.82, 2.24) is 14.7 Å². The Labute approximate surface area is 186 Å². The number of anilines is 2. The molecular weight excluding hydrogens is 410 g/mol. The van der Waals surface area contributed by atoms with Crippen LogP contribution in [0.25, 0.3) is 5.69 Å². The number of benzene rings is 2. The quantitative estimate of drug-likeness (QED) is 0.369. The van der Waals surface area contributed by atoms with Gasteiger partial charge >= 0.3 is 11.8 Å². The largest absolute Gasteiger partial charge is 0.494 e. The Bertz CT molecular complexity index is 1130. The van der Waals surface area contributed by atoms with Gasteiger partial charge in [-0.1, -0.05) is 18.2 Å². The van der Waals surface area contributed by atoms with E-state index in [1.165, 1.54) is 4.68 Å². The predicted octanol–water partition coefficient (Wildman–Crippen LogP) is 2.05. The first-order valence-corrected chi connectivity index (χ1v) is 10.3. The highest BCUT2D eigenvalue weighted by atomic mass is 16.5. The molecule has 2 amide bonds. The van der Waals surface area contributed by atoms with Gasteiger partial charge in [0.15, 0.2) is 0 Å². The Morgan fingerprint density at radius 3 is 2.31 bits per heavy atom. The minimum atomic E-state index is -0.892. The van der Waals surface area contributed by atoms with E-state index in [0.29, 0.717) is 24.5 Å². The van der Waals surface area contributed by atoms with Crippen LogP contribution in [0.4, 0.5) is 11.4 Å². The molecule has 0 saturated carbocycles. The van der Waals surface area contributed by atoms with Crippen LogP contribution in [-0.2, 0) is 16.6 Å². The van der Waals surface area contributed by atoms with Crippen LogP contribution in [0.3, 0.4) is 0 Å². The molecule has 1 aromatic heterocycles. The molecular formula is C23H27N5O4. The van der Waals surface area contributed by atoms with Crippen LogP contribution in [0.2, 0.25) is 0 Å². The van der Waals surface area contributed by atoms with Gasteiger partial charge in [-0.2, -0.15) is 0 Å². The van der Waals surface area contributed by atoms with E-state index >= 15 is 0 Å². The third kappa shape index (κ3) is 5.18. The average molecular weight is 438 g/mol. The fourth-order valence-electron chi connectivity index (χ4n) is 3.18. The number of hydrogen-bond acceptors (Lipinski definition) is 5. The van der Waals surface area contributed by atoms with Crippen molar-refractivity contribution in [3.8, 4) is 11.4 Å². The number of para-hydroxylation sites is 1. The molecule has 0 spiro atoms. The molecule has 9 nitrogen and oxygen atoms in total. The lowest BCUT2D eigenvalue weighted by molar-refractivity contribution is -0.136. The summed E-state index contributed by atoms with van der Waals surface area (Å²) in [5.41, 5.74) is 1.73. The van der Waals surface area contributed by atoms with E-state index in [1.54, 1.807) is 30.8 Å². The normalized spacial score (nSPS) is 10.5. The van der Waals surface area contributed by atoms with Crippen LogP contribution < -0.4 is 26.2 Å². The second kappa shape index (κ2) is 10.3. The van der Waals surface area contributed by atoms with Crippen molar-refractivity contribution in [3.05, 3.63) is 70.6 Å². The van der Waals surface area contributed by atoms with Gasteiger partial charge in [0.1, 0.15) is 11.4 Å². The molecule has 0 saturated heterocycles. The molecule has 3 N–H and O–H groups in total. The number of ether oxygens (including phenoxy) is 1. The minimum absolute atomic E-state index is 0.0732. The molecule has 0 aliphatic heterocycles. The summed E-state index contributed by atoms with van der Waals surface area (Å²) in [5, 5.41) is 8.14. The van der Waals surface area contributed by atoms with Gasteiger partial charge in [-0.3, -0.25) is 19.1 Å². The molecule has 3 aromatic rings. The standard InChI is InChI=1S/C23H27N5O4/c1-4-32-19-12-10-17(11-13-19)24-14-15-25-21(29)22(30)26-20-16(2)27(3)28(23(20)31)18-8-6-5-7-9-18/h5-13,24H,4,14-15H2,1-3H3,(H,25,29)(H,26,30). The summed E-state index contributed by atoms with van der Waals surface area (Å²) in [5.74, 6) is -0.921. The van der Waals surface area contributed by atoms with Crippen molar-refractivity contribution in [2.45, 2.75) is 13.8 Å². The fraction of sp³-hybridized carbons (Fsp3) is 0.261. The van der Waals surface area contributed by atoms with Crippen molar-refractivity contribution in [1.29, 1.82) is 0 Å². The third-order valence-corrected chi connectivity index (χ3v) is 4.90. The minimum Gasteiger partial charge on any atom is -0.494 e. The van der Waals surface area contributed by atoms with Crippen molar-refractivity contribution in [3.63, 3.8) is 0 Å². The number of nitrogens with one attached hydrogen (secondary N) is 3. The van der Waals surface area contributed by atoms with E-state index in [9.17, 15) is 14.4 Å². The predicted molar refractivity (Wildman–Crippen MR) is 123 cm³/mol. The average Bonchev–Trinajstić information content (AvgIpc) is 3.01. The van der Waals surface area contributed by atoms with Gasteiger partial charge < -0.3 is 20.7 Å². The fourth-order valence-corrected chi connectivity index (χ4v) is 3.18. The van der Waals surface area contributed by atoms with Gasteiger partial charge in [-0.25, -0.2) is 4.68 Å². The number of rotatable bonds is 8. The molecule has 0 fully saturated rings. The van der Waals surface area contributed by atoms with Crippen LogP contribution in [0.15, 0.2) is 59.4 Å². The summed E-state index contributed by atoms with van der Waals surface area (Å²) in [6.07, 6.45) is 0. The van der Waals surface area contributed by atoms with Gasteiger partial charge in [0.25, 0.3) is 5.56 Å². The maximum atomic E-state index is 12.8. The van der Waals surface area contributed by atoms with Crippen LogP contribution in [0, 0.1) is 6.92 Å². The molecule has 0 bridgehead atoms. The van der Waals surface area contributed by atoms with Crippen LogP contribution >= 0.6 is 0 Å². The van der Waals surface area contributed by atoms with Gasteiger partial charge in [-0.15, -0.1) is 0 Å². The SMILES string of the molecule is CCOc1ccc(NCCNC(=O)C(=O)Nc2c(C)n(C)n(-c3ccccc3)c2=O)cc1. The maximum absolute atomic E-state index is 12.8. The van der Waals surface area contributed by atoms with Crippen molar-refractivity contribution in [2.75, 3.05) is 30.3 Å². The Morgan fingerprint density at radius 1 is 0.969 bits per heavy atom. The van der Waals surface area contributed by atoms with Crippen LogP contribution in [0.1, 0.15) is 12.6 Å². The van der Waals surface area contributed by atoms with E-state index < -0.39 is 17.4 Å². The van der Waals surface area contributed by atoms with E-state index in [4.69, 9.17) is 4.74 Å². The number of amides is 2. The van der Waals surface area contributed by atoms with Crippen molar-refractivity contribution in [2.24, 2.45) is 7.05 Å². The Hall–Kier alpha value is -4.01. The van der Waals surface area contributed by atoms with Crippen LogP contribution in [-0.4, -0.2) is 40.9 Å². The first-order chi connectivity index (χ1) is 15.4. The molecule has 0 unspecified atom stereocenters. The molecule has 2 aromatic carbocycles. The van der Waals surface area contributed by atoms with E-state index in [2.05, 4.69) is 16.0 Å². The van der Waals surface area contributed by atoms with Gasteiger partial charge in [-0.05, 0) is 50.2 Å². The van der Waals surface area contributed by atoms with Crippen LogP contribution in [0.5, 0.6) is 5.75 Å².